The third-order valence-electron chi connectivity index (χ3n) is 5.81. The molecule has 0 atom stereocenters. The molecule has 32 heavy (non-hydrogen) atoms. The first-order valence-electron chi connectivity index (χ1n) is 10.1. The summed E-state index contributed by atoms with van der Waals surface area (Å²) in [5, 5.41) is 0. The highest BCUT2D eigenvalue weighted by Gasteiger charge is 2.55. The average Bonchev–Trinajstić information content (AvgIpc) is 3.23. The predicted octanol–water partition coefficient (Wildman–Crippen LogP) is 3.25. The molecule has 0 N–H and O–H groups in total. The summed E-state index contributed by atoms with van der Waals surface area (Å²) in [6, 6.07) is 6.44. The molecule has 0 amide bonds. The van der Waals surface area contributed by atoms with Gasteiger partial charge in [0.1, 0.15) is 0 Å². The molecule has 0 saturated heterocycles. The van der Waals surface area contributed by atoms with Gasteiger partial charge in [0.25, 0.3) is 0 Å². The van der Waals surface area contributed by atoms with E-state index >= 15 is 0 Å². The molecule has 1 aliphatic rings. The molecule has 0 bridgehead atoms. The van der Waals surface area contributed by atoms with Crippen LogP contribution in [0.4, 0.5) is 0 Å². The Labute approximate surface area is 187 Å². The summed E-state index contributed by atoms with van der Waals surface area (Å²) < 4.78 is 19.8. The number of carbonyl (C=O) groups excluding carboxylic acids is 4. The molecule has 0 spiro atoms. The van der Waals surface area contributed by atoms with Crippen molar-refractivity contribution in [1.29, 1.82) is 0 Å². The average molecular weight is 444 g/mol. The Morgan fingerprint density at radius 2 is 1.34 bits per heavy atom. The van der Waals surface area contributed by atoms with Crippen LogP contribution in [0.15, 0.2) is 41.0 Å². The van der Waals surface area contributed by atoms with Gasteiger partial charge in [0, 0.05) is 12.0 Å². The van der Waals surface area contributed by atoms with Crippen LogP contribution in [0.2, 0.25) is 0 Å². The third kappa shape index (κ3) is 4.30. The molecule has 8 nitrogen and oxygen atoms in total. The maximum atomic E-state index is 13.0. The summed E-state index contributed by atoms with van der Waals surface area (Å²) >= 11 is 0. The molecule has 2 rings (SSSR count). The first-order valence-corrected chi connectivity index (χ1v) is 10.1. The second kappa shape index (κ2) is 10.3. The van der Waals surface area contributed by atoms with E-state index in [1.807, 2.05) is 13.8 Å². The van der Waals surface area contributed by atoms with Crippen molar-refractivity contribution in [3.8, 4) is 0 Å². The summed E-state index contributed by atoms with van der Waals surface area (Å²) in [5.74, 6) is -2.86. The zero-order chi connectivity index (χ0) is 24.1. The molecule has 0 aromatic heterocycles. The highest BCUT2D eigenvalue weighted by atomic mass is 16.5. The Balaban J connectivity index is 2.96. The summed E-state index contributed by atoms with van der Waals surface area (Å²) in [7, 11) is 4.85. The Hall–Kier alpha value is -3.42. The van der Waals surface area contributed by atoms with Crippen LogP contribution in [0.25, 0.3) is 5.57 Å². The second-order valence-corrected chi connectivity index (χ2v) is 7.41. The number of ether oxygens (including phenoxy) is 4. The first kappa shape index (κ1) is 24.8. The van der Waals surface area contributed by atoms with Gasteiger partial charge in [-0.05, 0) is 37.0 Å². The molecular formula is C24H28O8. The van der Waals surface area contributed by atoms with Gasteiger partial charge in [-0.3, -0.25) is 9.59 Å². The van der Waals surface area contributed by atoms with Crippen molar-refractivity contribution in [1.82, 2.24) is 0 Å². The molecule has 1 aromatic rings. The minimum absolute atomic E-state index is 0.00222. The highest BCUT2D eigenvalue weighted by Crippen LogP contribution is 2.51. The van der Waals surface area contributed by atoms with E-state index in [2.05, 4.69) is 0 Å². The fraction of sp³-hybridized carbons (Fsp3) is 0.417. The topological polar surface area (TPSA) is 105 Å². The van der Waals surface area contributed by atoms with Crippen LogP contribution in [0.3, 0.4) is 0 Å². The van der Waals surface area contributed by atoms with Crippen LogP contribution >= 0.6 is 0 Å². The molecule has 172 valence electrons. The fourth-order valence-corrected chi connectivity index (χ4v) is 3.99. The van der Waals surface area contributed by atoms with E-state index in [1.54, 1.807) is 18.2 Å². The molecule has 1 aromatic carbocycles. The summed E-state index contributed by atoms with van der Waals surface area (Å²) in [6.07, 6.45) is 0.478. The van der Waals surface area contributed by atoms with Gasteiger partial charge in [-0.15, -0.1) is 0 Å². The largest absolute Gasteiger partial charge is 0.468 e. The molecule has 1 aliphatic carbocycles. The second-order valence-electron chi connectivity index (χ2n) is 7.41. The Morgan fingerprint density at radius 3 is 1.81 bits per heavy atom. The van der Waals surface area contributed by atoms with Crippen LogP contribution in [0, 0.1) is 5.41 Å². The van der Waals surface area contributed by atoms with Gasteiger partial charge >= 0.3 is 23.9 Å². The van der Waals surface area contributed by atoms with E-state index in [0.29, 0.717) is 17.6 Å². The Kier molecular flexibility index (Phi) is 7.97. The van der Waals surface area contributed by atoms with E-state index in [1.165, 1.54) is 34.5 Å². The maximum absolute atomic E-state index is 13.0. The van der Waals surface area contributed by atoms with Crippen molar-refractivity contribution in [2.45, 2.75) is 33.1 Å². The Bertz CT molecular complexity index is 983. The van der Waals surface area contributed by atoms with Crippen LogP contribution in [0.1, 0.15) is 49.0 Å². The maximum Gasteiger partial charge on any atom is 0.338 e. The summed E-state index contributed by atoms with van der Waals surface area (Å²) in [6.45, 7) is 3.79. The lowest BCUT2D eigenvalue weighted by Gasteiger charge is -2.22. The number of allylic oxidation sites excluding steroid dienone is 3. The van der Waals surface area contributed by atoms with Crippen molar-refractivity contribution in [2.75, 3.05) is 28.4 Å². The lowest BCUT2D eigenvalue weighted by Crippen LogP contribution is -2.39. The van der Waals surface area contributed by atoms with E-state index in [-0.39, 0.29) is 29.5 Å². The van der Waals surface area contributed by atoms with Crippen LogP contribution in [-0.4, -0.2) is 52.3 Å². The number of methoxy groups -OCH3 is 4. The van der Waals surface area contributed by atoms with Crippen LogP contribution in [-0.2, 0) is 33.3 Å². The van der Waals surface area contributed by atoms with Crippen molar-refractivity contribution < 1.29 is 38.1 Å². The molecule has 1 saturated carbocycles. The molecule has 0 aliphatic heterocycles. The zero-order valence-corrected chi connectivity index (χ0v) is 19.2. The fourth-order valence-electron chi connectivity index (χ4n) is 3.99. The standard InChI is InChI=1S/C24H28O8/c1-7-14(2)17-12-24(22(27)31-5,23(28)32-6)13-18(17)19(21(26)30-4)15-10-8-9-11-16(15)20(25)29-3/h8-11H,7,12-13H2,1-6H3/b17-14-,19-18+. The molecule has 0 radical (unpaired) electrons. The van der Waals surface area contributed by atoms with Gasteiger partial charge in [-0.25, -0.2) is 9.59 Å². The van der Waals surface area contributed by atoms with Gasteiger partial charge < -0.3 is 18.9 Å². The normalized spacial score (nSPS) is 17.8. The van der Waals surface area contributed by atoms with Gasteiger partial charge in [-0.2, -0.15) is 0 Å². The van der Waals surface area contributed by atoms with Gasteiger partial charge in [-0.1, -0.05) is 30.7 Å². The predicted molar refractivity (Wildman–Crippen MR) is 115 cm³/mol. The van der Waals surface area contributed by atoms with E-state index in [4.69, 9.17) is 18.9 Å². The number of carbonyl (C=O) groups is 4. The van der Waals surface area contributed by atoms with Crippen molar-refractivity contribution in [3.63, 3.8) is 0 Å². The summed E-state index contributed by atoms with van der Waals surface area (Å²) in [5.41, 5.74) is 0.854. The van der Waals surface area contributed by atoms with Crippen LogP contribution in [0.5, 0.6) is 0 Å². The van der Waals surface area contributed by atoms with Gasteiger partial charge in [0.05, 0.1) is 39.6 Å². The lowest BCUT2D eigenvalue weighted by molar-refractivity contribution is -0.168. The number of hydrogen-bond donors (Lipinski definition) is 0. The van der Waals surface area contributed by atoms with Gasteiger partial charge in [0.2, 0.25) is 0 Å². The lowest BCUT2D eigenvalue weighted by atomic mass is 9.84. The number of hydrogen-bond acceptors (Lipinski definition) is 8. The quantitative estimate of drug-likeness (QED) is 0.285. The monoisotopic (exact) mass is 444 g/mol. The first-order chi connectivity index (χ1) is 15.2. The smallest absolute Gasteiger partial charge is 0.338 e. The molecule has 8 heteroatoms. The molecule has 0 unspecified atom stereocenters. The number of esters is 4. The minimum Gasteiger partial charge on any atom is -0.468 e. The molecular weight excluding hydrogens is 416 g/mol. The van der Waals surface area contributed by atoms with Crippen molar-refractivity contribution >= 4 is 29.5 Å². The van der Waals surface area contributed by atoms with Gasteiger partial charge in [0.15, 0.2) is 5.41 Å². The van der Waals surface area contributed by atoms with E-state index < -0.39 is 29.3 Å². The Morgan fingerprint density at radius 1 is 0.812 bits per heavy atom. The van der Waals surface area contributed by atoms with Crippen molar-refractivity contribution in [2.24, 2.45) is 5.41 Å². The SMILES string of the molecule is CC/C(C)=C1/CC(C(=O)OC)(C(=O)OC)C/C1=C(\C(=O)OC)c1ccccc1C(=O)OC. The van der Waals surface area contributed by atoms with Crippen LogP contribution < -0.4 is 0 Å². The summed E-state index contributed by atoms with van der Waals surface area (Å²) in [4.78, 5) is 51.0. The number of rotatable bonds is 6. The number of benzene rings is 1. The zero-order valence-electron chi connectivity index (χ0n) is 19.2. The minimum atomic E-state index is -1.65. The van der Waals surface area contributed by atoms with E-state index in [9.17, 15) is 19.2 Å². The van der Waals surface area contributed by atoms with Crippen molar-refractivity contribution in [3.05, 3.63) is 52.1 Å². The van der Waals surface area contributed by atoms with E-state index in [0.717, 1.165) is 5.57 Å². The molecule has 1 fully saturated rings. The highest BCUT2D eigenvalue weighted by molar-refractivity contribution is 6.21. The third-order valence-corrected chi connectivity index (χ3v) is 5.81. The molecule has 0 heterocycles.